The molecule has 0 heterocycles. The van der Waals surface area contributed by atoms with Crippen molar-refractivity contribution in [3.63, 3.8) is 0 Å². The second-order valence-electron chi connectivity index (χ2n) is 7.30. The van der Waals surface area contributed by atoms with E-state index < -0.39 is 0 Å². The minimum absolute atomic E-state index is 0.0739. The van der Waals surface area contributed by atoms with Gasteiger partial charge in [-0.3, -0.25) is 9.59 Å². The number of aryl methyl sites for hydroxylation is 1. The van der Waals surface area contributed by atoms with Crippen LogP contribution >= 0.6 is 0 Å². The molecule has 2 aromatic carbocycles. The fourth-order valence-corrected chi connectivity index (χ4v) is 3.18. The number of carbonyl (C=O) groups excluding carboxylic acids is 2. The molecule has 2 aromatic rings. The highest BCUT2D eigenvalue weighted by Crippen LogP contribution is 2.29. The van der Waals surface area contributed by atoms with E-state index in [-0.39, 0.29) is 30.9 Å². The second-order valence-corrected chi connectivity index (χ2v) is 7.30. The second kappa shape index (κ2) is 9.45. The Bertz CT molecular complexity index is 877. The number of nitrogens with one attached hydrogen (secondary N) is 1. The number of carbonyl (C=O) groups is 2. The molecular weight excluding hydrogens is 368 g/mol. The lowest BCUT2D eigenvalue weighted by molar-refractivity contribution is -0.134. The smallest absolute Gasteiger partial charge is 0.260 e. The van der Waals surface area contributed by atoms with Crippen LogP contribution in [0.1, 0.15) is 30.4 Å². The third-order valence-corrected chi connectivity index (χ3v) is 5.19. The number of hydrogen-bond acceptors (Lipinski definition) is 4. The lowest BCUT2D eigenvalue weighted by Crippen LogP contribution is -2.38. The summed E-state index contributed by atoms with van der Waals surface area (Å²) in [5.74, 6) is 0.915. The minimum atomic E-state index is -0.113. The van der Waals surface area contributed by atoms with Gasteiger partial charge in [0.1, 0.15) is 0 Å². The standard InChI is InChI=1S/C23H28N2O4/c1-16-7-6-8-19(17(16)2)24-22(26)13-14-25(18-11-12-18)23(27)15-29-21-10-5-4-9-20(21)28-3/h4-10,18H,11-15H2,1-3H3,(H,24,26). The zero-order valence-corrected chi connectivity index (χ0v) is 17.2. The van der Waals surface area contributed by atoms with Gasteiger partial charge in [-0.1, -0.05) is 24.3 Å². The summed E-state index contributed by atoms with van der Waals surface area (Å²) in [5.41, 5.74) is 3.01. The molecule has 0 atom stereocenters. The number of methoxy groups -OCH3 is 1. The Kier molecular flexibility index (Phi) is 6.75. The SMILES string of the molecule is COc1ccccc1OCC(=O)N(CCC(=O)Nc1cccc(C)c1C)C1CC1. The van der Waals surface area contributed by atoms with Crippen LogP contribution in [0, 0.1) is 13.8 Å². The van der Waals surface area contributed by atoms with Crippen LogP contribution in [-0.4, -0.2) is 43.0 Å². The number of amides is 2. The third-order valence-electron chi connectivity index (χ3n) is 5.19. The van der Waals surface area contributed by atoms with Crippen LogP contribution in [-0.2, 0) is 9.59 Å². The minimum Gasteiger partial charge on any atom is -0.493 e. The summed E-state index contributed by atoms with van der Waals surface area (Å²) in [6.45, 7) is 4.31. The van der Waals surface area contributed by atoms with Gasteiger partial charge in [0.05, 0.1) is 7.11 Å². The van der Waals surface area contributed by atoms with Crippen LogP contribution in [0.5, 0.6) is 11.5 Å². The zero-order chi connectivity index (χ0) is 20.8. The van der Waals surface area contributed by atoms with Gasteiger partial charge in [-0.15, -0.1) is 0 Å². The van der Waals surface area contributed by atoms with Gasteiger partial charge in [0.15, 0.2) is 18.1 Å². The molecule has 1 N–H and O–H groups in total. The first-order valence-electron chi connectivity index (χ1n) is 9.91. The van der Waals surface area contributed by atoms with E-state index in [0.29, 0.717) is 18.0 Å². The molecule has 0 aromatic heterocycles. The van der Waals surface area contributed by atoms with Gasteiger partial charge >= 0.3 is 0 Å². The summed E-state index contributed by atoms with van der Waals surface area (Å²) in [4.78, 5) is 26.9. The van der Waals surface area contributed by atoms with Gasteiger partial charge in [-0.2, -0.15) is 0 Å². The Morgan fingerprint density at radius 2 is 1.79 bits per heavy atom. The predicted octanol–water partition coefficient (Wildman–Crippen LogP) is 3.71. The maximum absolute atomic E-state index is 12.7. The Morgan fingerprint density at radius 3 is 2.48 bits per heavy atom. The Hall–Kier alpha value is -3.02. The Morgan fingerprint density at radius 1 is 1.07 bits per heavy atom. The van der Waals surface area contributed by atoms with Gasteiger partial charge in [0.2, 0.25) is 5.91 Å². The normalized spacial score (nSPS) is 12.9. The quantitative estimate of drug-likeness (QED) is 0.702. The lowest BCUT2D eigenvalue weighted by Gasteiger charge is -2.22. The first-order valence-corrected chi connectivity index (χ1v) is 9.91. The van der Waals surface area contributed by atoms with Crippen LogP contribution in [0.3, 0.4) is 0 Å². The molecule has 0 radical (unpaired) electrons. The number of anilines is 1. The maximum Gasteiger partial charge on any atom is 0.260 e. The van der Waals surface area contributed by atoms with E-state index in [1.165, 1.54) is 0 Å². The molecule has 1 aliphatic rings. The van der Waals surface area contributed by atoms with E-state index in [1.807, 2.05) is 44.2 Å². The van der Waals surface area contributed by atoms with Crippen LogP contribution in [0.2, 0.25) is 0 Å². The molecule has 0 bridgehead atoms. The number of hydrogen-bond donors (Lipinski definition) is 1. The number of nitrogens with zero attached hydrogens (tertiary/aromatic N) is 1. The van der Waals surface area contributed by atoms with Crippen molar-refractivity contribution >= 4 is 17.5 Å². The van der Waals surface area contributed by atoms with E-state index >= 15 is 0 Å². The van der Waals surface area contributed by atoms with Crippen LogP contribution < -0.4 is 14.8 Å². The number of ether oxygens (including phenoxy) is 2. The van der Waals surface area contributed by atoms with Gasteiger partial charge < -0.3 is 19.7 Å². The summed E-state index contributed by atoms with van der Waals surface area (Å²) in [7, 11) is 1.56. The molecule has 0 unspecified atom stereocenters. The predicted molar refractivity (Wildman–Crippen MR) is 112 cm³/mol. The first kappa shape index (κ1) is 20.7. The van der Waals surface area contributed by atoms with Gasteiger partial charge in [0, 0.05) is 24.7 Å². The summed E-state index contributed by atoms with van der Waals surface area (Å²) >= 11 is 0. The molecule has 0 saturated heterocycles. The number of rotatable bonds is 9. The summed E-state index contributed by atoms with van der Waals surface area (Å²) in [6, 6.07) is 13.3. The van der Waals surface area contributed by atoms with Gasteiger partial charge in [-0.05, 0) is 56.0 Å². The van der Waals surface area contributed by atoms with Crippen molar-refractivity contribution in [3.8, 4) is 11.5 Å². The largest absolute Gasteiger partial charge is 0.493 e. The highest BCUT2D eigenvalue weighted by Gasteiger charge is 2.32. The fraction of sp³-hybridized carbons (Fsp3) is 0.391. The van der Waals surface area contributed by atoms with Crippen molar-refractivity contribution in [2.24, 2.45) is 0 Å². The van der Waals surface area contributed by atoms with Crippen molar-refractivity contribution < 1.29 is 19.1 Å². The molecular formula is C23H28N2O4. The zero-order valence-electron chi connectivity index (χ0n) is 17.2. The maximum atomic E-state index is 12.7. The molecule has 1 saturated carbocycles. The van der Waals surface area contributed by atoms with Gasteiger partial charge in [-0.25, -0.2) is 0 Å². The van der Waals surface area contributed by atoms with Gasteiger partial charge in [0.25, 0.3) is 5.91 Å². The number of para-hydroxylation sites is 2. The van der Waals surface area contributed by atoms with E-state index in [9.17, 15) is 9.59 Å². The Balaban J connectivity index is 1.54. The highest BCUT2D eigenvalue weighted by molar-refractivity contribution is 5.92. The van der Waals surface area contributed by atoms with Crippen LogP contribution in [0.4, 0.5) is 5.69 Å². The lowest BCUT2D eigenvalue weighted by atomic mass is 10.1. The number of benzene rings is 2. The highest BCUT2D eigenvalue weighted by atomic mass is 16.5. The fourth-order valence-electron chi connectivity index (χ4n) is 3.18. The van der Waals surface area contributed by atoms with E-state index in [4.69, 9.17) is 9.47 Å². The van der Waals surface area contributed by atoms with E-state index in [2.05, 4.69) is 5.32 Å². The topological polar surface area (TPSA) is 67.9 Å². The Labute approximate surface area is 171 Å². The van der Waals surface area contributed by atoms with Crippen molar-refractivity contribution in [1.82, 2.24) is 4.90 Å². The van der Waals surface area contributed by atoms with Crippen molar-refractivity contribution in [3.05, 3.63) is 53.6 Å². The van der Waals surface area contributed by atoms with Crippen molar-refractivity contribution in [1.29, 1.82) is 0 Å². The van der Waals surface area contributed by atoms with Crippen molar-refractivity contribution in [2.75, 3.05) is 25.6 Å². The molecule has 3 rings (SSSR count). The molecule has 0 aliphatic heterocycles. The monoisotopic (exact) mass is 396 g/mol. The van der Waals surface area contributed by atoms with Crippen molar-refractivity contribution in [2.45, 2.75) is 39.2 Å². The molecule has 154 valence electrons. The van der Waals surface area contributed by atoms with Crippen LogP contribution in [0.25, 0.3) is 0 Å². The molecule has 1 aliphatic carbocycles. The molecule has 6 heteroatoms. The van der Waals surface area contributed by atoms with Crippen LogP contribution in [0.15, 0.2) is 42.5 Å². The van der Waals surface area contributed by atoms with E-state index in [0.717, 1.165) is 29.7 Å². The van der Waals surface area contributed by atoms with E-state index in [1.54, 1.807) is 24.1 Å². The first-order chi connectivity index (χ1) is 14.0. The third kappa shape index (κ3) is 5.50. The average molecular weight is 396 g/mol. The molecule has 2 amide bonds. The summed E-state index contributed by atoms with van der Waals surface area (Å²) in [6.07, 6.45) is 2.20. The molecule has 1 fully saturated rings. The molecule has 6 nitrogen and oxygen atoms in total. The average Bonchev–Trinajstić information content (AvgIpc) is 3.55. The summed E-state index contributed by atoms with van der Waals surface area (Å²) < 4.78 is 10.9. The molecule has 29 heavy (non-hydrogen) atoms. The molecule has 0 spiro atoms. The summed E-state index contributed by atoms with van der Waals surface area (Å²) in [5, 5.41) is 2.95.